The first-order valence-electron chi connectivity index (χ1n) is 28.5. The van der Waals surface area contributed by atoms with E-state index < -0.39 is 120 Å². The number of carbonyl (C=O) groups is 9. The van der Waals surface area contributed by atoms with Crippen molar-refractivity contribution in [3.05, 3.63) is 131 Å². The van der Waals surface area contributed by atoms with Crippen LogP contribution in [0.5, 0.6) is 0 Å². The number of nitrogens with one attached hydrogen (secondary N) is 7. The first kappa shape index (κ1) is 65.5. The zero-order valence-electron chi connectivity index (χ0n) is 48.7. The van der Waals surface area contributed by atoms with Gasteiger partial charge in [0.05, 0.1) is 18.6 Å². The van der Waals surface area contributed by atoms with Crippen molar-refractivity contribution < 1.29 is 48.3 Å². The maximum atomic E-state index is 14.5. The van der Waals surface area contributed by atoms with Crippen molar-refractivity contribution in [1.29, 1.82) is 0 Å². The molecule has 21 nitrogen and oxygen atoms in total. The molecule has 5 rings (SSSR count). The zero-order valence-corrected chi connectivity index (χ0v) is 48.7. The van der Waals surface area contributed by atoms with Gasteiger partial charge in [-0.05, 0) is 90.0 Å². The normalized spacial score (nSPS) is 16.0. The Balaban J connectivity index is 1.28. The fourth-order valence-corrected chi connectivity index (χ4v) is 10.1. The lowest BCUT2D eigenvalue weighted by molar-refractivity contribution is -0.142. The Morgan fingerprint density at radius 1 is 0.530 bits per heavy atom. The van der Waals surface area contributed by atoms with E-state index in [2.05, 4.69) is 37.2 Å². The van der Waals surface area contributed by atoms with Crippen LogP contribution in [0.1, 0.15) is 103 Å². The number of amides is 9. The molecule has 1 heterocycles. The number of benzene rings is 4. The molecule has 21 heteroatoms. The van der Waals surface area contributed by atoms with Crippen molar-refractivity contribution in [2.45, 2.75) is 161 Å². The molecule has 14 N–H and O–H groups in total. The third-order valence-corrected chi connectivity index (χ3v) is 14.4. The highest BCUT2D eigenvalue weighted by molar-refractivity contribution is 5.97. The quantitative estimate of drug-likeness (QED) is 0.0336. The Labute approximate surface area is 486 Å². The Hall–Kier alpha value is -8.33. The number of anilines is 2. The molecule has 9 atom stereocenters. The highest BCUT2D eigenvalue weighted by Crippen LogP contribution is 2.22. The van der Waals surface area contributed by atoms with Gasteiger partial charge in [0, 0.05) is 50.5 Å². The van der Waals surface area contributed by atoms with E-state index in [1.165, 1.54) is 11.8 Å². The fourth-order valence-electron chi connectivity index (χ4n) is 10.1. The largest absolute Gasteiger partial charge is 0.399 e. The number of hydrogen-bond donors (Lipinski definition) is 11. The van der Waals surface area contributed by atoms with Crippen LogP contribution >= 0.6 is 0 Å². The number of aliphatic hydroxyl groups is 1. The maximum absolute atomic E-state index is 14.5. The lowest BCUT2D eigenvalue weighted by atomic mass is 9.95. The molecule has 0 aromatic heterocycles. The molecule has 4 aromatic rings. The second kappa shape index (κ2) is 31.8. The average Bonchev–Trinajstić information content (AvgIpc) is 4.20. The number of primary amides is 1. The molecule has 0 spiro atoms. The van der Waals surface area contributed by atoms with Crippen molar-refractivity contribution in [2.75, 3.05) is 18.0 Å². The number of nitrogen functional groups attached to an aromatic ring is 2. The van der Waals surface area contributed by atoms with Gasteiger partial charge in [-0.15, -0.1) is 0 Å². The van der Waals surface area contributed by atoms with Crippen molar-refractivity contribution in [2.24, 2.45) is 23.5 Å². The van der Waals surface area contributed by atoms with Crippen LogP contribution in [0.4, 0.5) is 11.4 Å². The molecule has 1 aliphatic heterocycles. The number of carbonyl (C=O) groups excluding carboxylic acids is 9. The molecule has 83 heavy (non-hydrogen) atoms. The second-order valence-corrected chi connectivity index (χ2v) is 22.8. The summed E-state index contributed by atoms with van der Waals surface area (Å²) in [6.45, 7) is 12.4. The third-order valence-electron chi connectivity index (χ3n) is 14.4. The fraction of sp³-hybridized carbons (Fsp3) is 0.468. The Morgan fingerprint density at radius 2 is 0.988 bits per heavy atom. The van der Waals surface area contributed by atoms with Crippen LogP contribution in [0.15, 0.2) is 109 Å². The van der Waals surface area contributed by atoms with E-state index in [1.807, 2.05) is 33.8 Å². The second-order valence-electron chi connectivity index (χ2n) is 22.8. The summed E-state index contributed by atoms with van der Waals surface area (Å²) in [5.41, 5.74) is 21.3. The molecule has 9 amide bonds. The average molecular weight is 1140 g/mol. The summed E-state index contributed by atoms with van der Waals surface area (Å²) in [5, 5.41) is 31.3. The molecule has 0 unspecified atom stereocenters. The molecule has 1 fully saturated rings. The summed E-state index contributed by atoms with van der Waals surface area (Å²) in [4.78, 5) is 126. The SMILES string of the molecule is CC(=O)N[C@@H](Cc1ccc(N)cc1)C(=O)N1CCC[C@H]1C(=O)N[C@@H](Cc1ccccc1)C(=O)N[C@H](C(=O)N[C@@H](CC(C)C)[C@@H](O)CC(=O)N[C@@H](CC(C)C)C(=O)N[C@@H](Cc1ccccc1)C(=O)N[C@@H](Cc1ccc(N)cc1)C(N)=O)C(C)C. The zero-order chi connectivity index (χ0) is 60.9. The molecular weight excluding hydrogens is 1060 g/mol. The number of likely N-dealkylation sites (tertiary alicyclic amines) is 1. The summed E-state index contributed by atoms with van der Waals surface area (Å²) >= 11 is 0. The van der Waals surface area contributed by atoms with Crippen molar-refractivity contribution in [1.82, 2.24) is 42.1 Å². The minimum absolute atomic E-state index is 0.0265. The van der Waals surface area contributed by atoms with Crippen LogP contribution < -0.4 is 54.4 Å². The van der Waals surface area contributed by atoms with E-state index in [4.69, 9.17) is 17.2 Å². The molecule has 1 aliphatic rings. The van der Waals surface area contributed by atoms with Gasteiger partial charge in [0.2, 0.25) is 53.2 Å². The number of hydrogen-bond acceptors (Lipinski definition) is 12. The number of nitrogens with zero attached hydrogens (tertiary/aromatic N) is 1. The summed E-state index contributed by atoms with van der Waals surface area (Å²) in [6.07, 6.45) is -0.612. The summed E-state index contributed by atoms with van der Waals surface area (Å²) in [7, 11) is 0. The number of aliphatic hydroxyl groups excluding tert-OH is 1. The monoisotopic (exact) mass is 1140 g/mol. The van der Waals surface area contributed by atoms with Gasteiger partial charge in [0.1, 0.15) is 42.3 Å². The standard InChI is InChI=1S/C62H85N11O10/c1-36(2)29-46(53(75)35-54(76)67-48(30-37(3)4)57(78)70-49(32-40-15-10-8-11-16-40)58(79)69-47(56(65)77)31-42-20-24-44(63)25-21-42)68-61(82)55(38(5)6)72-59(80)50(33-41-17-12-9-13-18-41)71-60(81)52-19-14-28-73(52)62(83)51(66-39(7)74)34-43-22-26-45(64)27-23-43/h8-13,15-18,20-27,36-38,46-53,55,75H,14,19,28-35,63-64H2,1-7H3,(H2,65,77)(H,66,74)(H,67,76)(H,68,82)(H,69,79)(H,70,78)(H,71,81)(H,72,80)/t46-,47-,48-,49-,50-,51-,52-,53-,55-/m0/s1. The van der Waals surface area contributed by atoms with Gasteiger partial charge in [-0.25, -0.2) is 0 Å². The number of rotatable bonds is 30. The van der Waals surface area contributed by atoms with Crippen LogP contribution in [0.3, 0.4) is 0 Å². The van der Waals surface area contributed by atoms with E-state index in [1.54, 1.807) is 117 Å². The molecular formula is C62H85N11O10. The van der Waals surface area contributed by atoms with Crippen molar-refractivity contribution in [3.63, 3.8) is 0 Å². The Kier molecular flexibility index (Phi) is 25.1. The van der Waals surface area contributed by atoms with Gasteiger partial charge in [-0.3, -0.25) is 43.2 Å². The van der Waals surface area contributed by atoms with Gasteiger partial charge in [0.25, 0.3) is 0 Å². The predicted octanol–water partition coefficient (Wildman–Crippen LogP) is 2.51. The molecule has 4 aromatic carbocycles. The molecule has 448 valence electrons. The highest BCUT2D eigenvalue weighted by atomic mass is 16.3. The van der Waals surface area contributed by atoms with Gasteiger partial charge in [-0.2, -0.15) is 0 Å². The van der Waals surface area contributed by atoms with Crippen LogP contribution in [0, 0.1) is 17.8 Å². The number of nitrogens with two attached hydrogens (primary N) is 3. The van der Waals surface area contributed by atoms with Gasteiger partial charge in [-0.1, -0.05) is 126 Å². The van der Waals surface area contributed by atoms with Crippen LogP contribution in [0.2, 0.25) is 0 Å². The van der Waals surface area contributed by atoms with Crippen molar-refractivity contribution >= 4 is 64.5 Å². The van der Waals surface area contributed by atoms with Crippen LogP contribution in [0.25, 0.3) is 0 Å². The third kappa shape index (κ3) is 21.2. The van der Waals surface area contributed by atoms with Gasteiger partial charge >= 0.3 is 0 Å². The molecule has 0 bridgehead atoms. The summed E-state index contributed by atoms with van der Waals surface area (Å²) in [5.74, 6) is -6.44. The lowest BCUT2D eigenvalue weighted by Gasteiger charge is -2.31. The van der Waals surface area contributed by atoms with Crippen LogP contribution in [-0.4, -0.2) is 124 Å². The highest BCUT2D eigenvalue weighted by Gasteiger charge is 2.40. The first-order chi connectivity index (χ1) is 39.4. The van der Waals surface area contributed by atoms with Crippen molar-refractivity contribution in [3.8, 4) is 0 Å². The minimum Gasteiger partial charge on any atom is -0.399 e. The predicted molar refractivity (Wildman–Crippen MR) is 317 cm³/mol. The van der Waals surface area contributed by atoms with E-state index in [-0.39, 0.29) is 56.9 Å². The van der Waals surface area contributed by atoms with Gasteiger partial charge < -0.3 is 64.4 Å². The van der Waals surface area contributed by atoms with E-state index >= 15 is 0 Å². The van der Waals surface area contributed by atoms with E-state index in [0.717, 1.165) is 5.56 Å². The summed E-state index contributed by atoms with van der Waals surface area (Å²) < 4.78 is 0. The van der Waals surface area contributed by atoms with E-state index in [0.29, 0.717) is 40.9 Å². The smallest absolute Gasteiger partial charge is 0.246 e. The molecule has 0 saturated carbocycles. The topological polar surface area (TPSA) is 339 Å². The lowest BCUT2D eigenvalue weighted by Crippen LogP contribution is -2.60. The van der Waals surface area contributed by atoms with Gasteiger partial charge in [0.15, 0.2) is 0 Å². The summed E-state index contributed by atoms with van der Waals surface area (Å²) in [6, 6.07) is 22.6. The molecule has 1 saturated heterocycles. The molecule has 0 aliphatic carbocycles. The Bertz CT molecular complexity index is 2820. The van der Waals surface area contributed by atoms with Crippen LogP contribution in [-0.2, 0) is 68.8 Å². The van der Waals surface area contributed by atoms with E-state index in [9.17, 15) is 48.3 Å². The molecule has 0 radical (unpaired) electrons. The minimum atomic E-state index is -1.48. The Morgan fingerprint density at radius 3 is 1.48 bits per heavy atom. The first-order valence-corrected chi connectivity index (χ1v) is 28.5. The maximum Gasteiger partial charge on any atom is 0.246 e.